The van der Waals surface area contributed by atoms with Gasteiger partial charge in [-0.05, 0) is 44.3 Å². The Morgan fingerprint density at radius 2 is 2.09 bits per heavy atom. The highest BCUT2D eigenvalue weighted by atomic mass is 32.2. The van der Waals surface area contributed by atoms with Crippen LogP contribution in [0.2, 0.25) is 0 Å². The summed E-state index contributed by atoms with van der Waals surface area (Å²) in [5.74, 6) is -0.577. The zero-order valence-corrected chi connectivity index (χ0v) is 14.0. The van der Waals surface area contributed by atoms with E-state index in [2.05, 4.69) is 11.6 Å². The van der Waals surface area contributed by atoms with Gasteiger partial charge in [0.05, 0.1) is 5.41 Å². The lowest BCUT2D eigenvalue weighted by atomic mass is 9.81. The Labute approximate surface area is 136 Å². The molecule has 2 aliphatic carbocycles. The summed E-state index contributed by atoms with van der Waals surface area (Å²) in [6.07, 6.45) is 9.25. The van der Waals surface area contributed by atoms with E-state index in [1.54, 1.807) is 4.90 Å². The second-order valence-electron chi connectivity index (χ2n) is 7.10. The molecule has 0 aromatic rings. The maximum absolute atomic E-state index is 12.5. The van der Waals surface area contributed by atoms with Gasteiger partial charge in [0, 0.05) is 24.4 Å². The van der Waals surface area contributed by atoms with Gasteiger partial charge in [0.1, 0.15) is 0 Å². The van der Waals surface area contributed by atoms with Gasteiger partial charge < -0.3 is 15.3 Å². The number of nitrogens with zero attached hydrogens (tertiary/aromatic N) is 1. The summed E-state index contributed by atoms with van der Waals surface area (Å²) in [5, 5.41) is 13.4. The summed E-state index contributed by atoms with van der Waals surface area (Å²) in [4.78, 5) is 26.0. The molecule has 3 rings (SSSR count). The molecule has 5 nitrogen and oxygen atoms in total. The van der Waals surface area contributed by atoms with E-state index in [1.165, 1.54) is 6.42 Å². The second-order valence-corrected chi connectivity index (χ2v) is 8.24. The lowest BCUT2D eigenvalue weighted by Crippen LogP contribution is -2.47. The Morgan fingerprint density at radius 3 is 2.77 bits per heavy atom. The SMILES string of the molecule is CSC1CCCC(NC(=O)N2C[C@@H]3CCC[C@@]3(C(=O)O)C2)C1. The van der Waals surface area contributed by atoms with Crippen LogP contribution >= 0.6 is 11.8 Å². The van der Waals surface area contributed by atoms with Gasteiger partial charge >= 0.3 is 12.0 Å². The van der Waals surface area contributed by atoms with E-state index in [0.29, 0.717) is 18.3 Å². The molecule has 0 aromatic heterocycles. The van der Waals surface area contributed by atoms with Crippen LogP contribution in [0.5, 0.6) is 0 Å². The van der Waals surface area contributed by atoms with Crippen molar-refractivity contribution >= 4 is 23.8 Å². The summed E-state index contributed by atoms with van der Waals surface area (Å²) in [6.45, 7) is 0.994. The van der Waals surface area contributed by atoms with Gasteiger partial charge in [-0.2, -0.15) is 11.8 Å². The van der Waals surface area contributed by atoms with Crippen LogP contribution in [-0.4, -0.2) is 52.6 Å². The molecule has 3 fully saturated rings. The Hall–Kier alpha value is -0.910. The van der Waals surface area contributed by atoms with Gasteiger partial charge in [-0.25, -0.2) is 4.79 Å². The van der Waals surface area contributed by atoms with Crippen LogP contribution < -0.4 is 5.32 Å². The molecule has 3 aliphatic rings. The molecule has 0 spiro atoms. The number of carbonyl (C=O) groups excluding carboxylic acids is 1. The van der Waals surface area contributed by atoms with Crippen LogP contribution in [0.1, 0.15) is 44.9 Å². The molecule has 1 aliphatic heterocycles. The number of likely N-dealkylation sites (tertiary alicyclic amines) is 1. The van der Waals surface area contributed by atoms with Crippen molar-refractivity contribution < 1.29 is 14.7 Å². The summed E-state index contributed by atoms with van der Waals surface area (Å²) < 4.78 is 0. The minimum absolute atomic E-state index is 0.0539. The van der Waals surface area contributed by atoms with Crippen molar-refractivity contribution in [1.82, 2.24) is 10.2 Å². The number of hydrogen-bond acceptors (Lipinski definition) is 3. The third kappa shape index (κ3) is 2.82. The van der Waals surface area contributed by atoms with Crippen LogP contribution in [0, 0.1) is 11.3 Å². The molecular formula is C16H26N2O3S. The van der Waals surface area contributed by atoms with E-state index >= 15 is 0 Å². The van der Waals surface area contributed by atoms with Crippen LogP contribution in [0.4, 0.5) is 4.79 Å². The summed E-state index contributed by atoms with van der Waals surface area (Å²) in [6, 6.07) is 0.196. The number of fused-ring (bicyclic) bond motifs is 1. The first-order chi connectivity index (χ1) is 10.5. The number of thioether (sulfide) groups is 1. The maximum atomic E-state index is 12.5. The summed E-state index contributed by atoms with van der Waals surface area (Å²) in [5.41, 5.74) is -0.675. The Balaban J connectivity index is 1.59. The largest absolute Gasteiger partial charge is 0.481 e. The van der Waals surface area contributed by atoms with E-state index in [9.17, 15) is 14.7 Å². The molecular weight excluding hydrogens is 300 g/mol. The first-order valence-corrected chi connectivity index (χ1v) is 9.65. The number of carbonyl (C=O) groups is 2. The smallest absolute Gasteiger partial charge is 0.317 e. The van der Waals surface area contributed by atoms with Gasteiger partial charge in [-0.15, -0.1) is 0 Å². The first kappa shape index (κ1) is 16.0. The van der Waals surface area contributed by atoms with Crippen LogP contribution in [0.25, 0.3) is 0 Å². The molecule has 124 valence electrons. The van der Waals surface area contributed by atoms with Crippen molar-refractivity contribution in [3.05, 3.63) is 0 Å². The first-order valence-electron chi connectivity index (χ1n) is 8.37. The third-order valence-electron chi connectivity index (χ3n) is 5.87. The molecule has 6 heteroatoms. The molecule has 1 heterocycles. The van der Waals surface area contributed by atoms with Gasteiger partial charge in [-0.3, -0.25) is 4.79 Å². The third-order valence-corrected chi connectivity index (χ3v) is 6.97. The molecule has 2 N–H and O–H groups in total. The second kappa shape index (κ2) is 6.30. The van der Waals surface area contributed by atoms with E-state index in [0.717, 1.165) is 38.5 Å². The predicted octanol–water partition coefficient (Wildman–Crippen LogP) is 2.56. The number of amides is 2. The average molecular weight is 326 g/mol. The number of urea groups is 1. The molecule has 4 atom stereocenters. The van der Waals surface area contributed by atoms with Crippen LogP contribution in [0.3, 0.4) is 0 Å². The van der Waals surface area contributed by atoms with Crippen LogP contribution in [0.15, 0.2) is 0 Å². The molecule has 0 aromatic carbocycles. The maximum Gasteiger partial charge on any atom is 0.317 e. The van der Waals surface area contributed by atoms with Gasteiger partial charge in [0.2, 0.25) is 0 Å². The molecule has 22 heavy (non-hydrogen) atoms. The Kier molecular flexibility index (Phi) is 4.57. The highest BCUT2D eigenvalue weighted by Gasteiger charge is 2.55. The van der Waals surface area contributed by atoms with E-state index in [1.807, 2.05) is 11.8 Å². The zero-order chi connectivity index (χ0) is 15.7. The molecule has 0 radical (unpaired) electrons. The fourth-order valence-corrected chi connectivity index (χ4v) is 5.38. The van der Waals surface area contributed by atoms with Crippen molar-refractivity contribution in [2.75, 3.05) is 19.3 Å². The number of nitrogens with one attached hydrogen (secondary N) is 1. The van der Waals surface area contributed by atoms with Crippen molar-refractivity contribution in [2.24, 2.45) is 11.3 Å². The van der Waals surface area contributed by atoms with Crippen molar-refractivity contribution in [1.29, 1.82) is 0 Å². The molecule has 0 bridgehead atoms. The monoisotopic (exact) mass is 326 g/mol. The number of rotatable bonds is 3. The van der Waals surface area contributed by atoms with Gasteiger partial charge in [0.15, 0.2) is 0 Å². The lowest BCUT2D eigenvalue weighted by Gasteiger charge is -2.30. The minimum Gasteiger partial charge on any atom is -0.481 e. The topological polar surface area (TPSA) is 69.6 Å². The standard InChI is InChI=1S/C16H26N2O3S/c1-22-13-6-2-5-12(8-13)17-15(21)18-9-11-4-3-7-16(11,10-18)14(19)20/h11-13H,2-10H2,1H3,(H,17,21)(H,19,20)/t11-,12?,13?,16+/m0/s1. The highest BCUT2D eigenvalue weighted by Crippen LogP contribution is 2.48. The normalized spacial score (nSPS) is 37.9. The summed E-state index contributed by atoms with van der Waals surface area (Å²) in [7, 11) is 0. The number of carboxylic acid groups (broad SMARTS) is 1. The van der Waals surface area contributed by atoms with E-state index < -0.39 is 11.4 Å². The van der Waals surface area contributed by atoms with E-state index in [4.69, 9.17) is 0 Å². The van der Waals surface area contributed by atoms with E-state index in [-0.39, 0.29) is 18.0 Å². The van der Waals surface area contributed by atoms with Crippen LogP contribution in [-0.2, 0) is 4.79 Å². The van der Waals surface area contributed by atoms with Crippen molar-refractivity contribution in [3.63, 3.8) is 0 Å². The molecule has 2 amide bonds. The summed E-state index contributed by atoms with van der Waals surface area (Å²) >= 11 is 1.88. The molecule has 2 saturated carbocycles. The van der Waals surface area contributed by atoms with Gasteiger partial charge in [-0.1, -0.05) is 12.8 Å². The number of carboxylic acids is 1. The van der Waals surface area contributed by atoms with Crippen molar-refractivity contribution in [3.8, 4) is 0 Å². The number of hydrogen-bond donors (Lipinski definition) is 2. The average Bonchev–Trinajstić information content (AvgIpc) is 3.05. The fourth-order valence-electron chi connectivity index (χ4n) is 4.55. The van der Waals surface area contributed by atoms with Crippen molar-refractivity contribution in [2.45, 2.75) is 56.2 Å². The quantitative estimate of drug-likeness (QED) is 0.836. The molecule has 2 unspecified atom stereocenters. The number of aliphatic carboxylic acids is 1. The zero-order valence-electron chi connectivity index (χ0n) is 13.2. The fraction of sp³-hybridized carbons (Fsp3) is 0.875. The van der Waals surface area contributed by atoms with Gasteiger partial charge in [0.25, 0.3) is 0 Å². The highest BCUT2D eigenvalue weighted by molar-refractivity contribution is 7.99. The lowest BCUT2D eigenvalue weighted by molar-refractivity contribution is -0.149. The Morgan fingerprint density at radius 1 is 1.27 bits per heavy atom. The molecule has 1 saturated heterocycles. The predicted molar refractivity (Wildman–Crippen MR) is 87.1 cm³/mol. The Bertz CT molecular complexity index is 459. The minimum atomic E-state index is -0.717.